The number of aromatic hydroxyl groups is 1. The predicted molar refractivity (Wildman–Crippen MR) is 168 cm³/mol. The van der Waals surface area contributed by atoms with Crippen LogP contribution in [-0.2, 0) is 22.6 Å². The van der Waals surface area contributed by atoms with E-state index in [2.05, 4.69) is 5.32 Å². The molecule has 0 spiro atoms. The Labute approximate surface area is 267 Å². The average Bonchev–Trinajstić information content (AvgIpc) is 2.96. The fourth-order valence-electron chi connectivity index (χ4n) is 7.39. The van der Waals surface area contributed by atoms with E-state index in [1.165, 1.54) is 6.07 Å². The van der Waals surface area contributed by atoms with Gasteiger partial charge >= 0.3 is 0 Å². The summed E-state index contributed by atoms with van der Waals surface area (Å²) in [6.07, 6.45) is 0.185. The van der Waals surface area contributed by atoms with Gasteiger partial charge in [0.15, 0.2) is 11.6 Å². The number of fused-ring (bicyclic) bond motifs is 3. The van der Waals surface area contributed by atoms with Crippen molar-refractivity contribution in [2.24, 2.45) is 28.4 Å². The number of ether oxygens (including phenoxy) is 1. The molecule has 5 atom stereocenters. The second-order valence-electron chi connectivity index (χ2n) is 14.0. The van der Waals surface area contributed by atoms with Gasteiger partial charge in [0.25, 0.3) is 5.91 Å². The maximum absolute atomic E-state index is 16.3. The highest BCUT2D eigenvalue weighted by molar-refractivity contribution is 6.22. The number of nitrogens with one attached hydrogen (secondary N) is 1. The Kier molecular flexibility index (Phi) is 8.65. The molecule has 0 aromatic heterocycles. The number of hydrogen-bond acceptors (Lipinski definition) is 9. The van der Waals surface area contributed by atoms with Crippen LogP contribution >= 0.6 is 0 Å². The number of carbonyl (C=O) groups is 3. The maximum atomic E-state index is 16.3. The van der Waals surface area contributed by atoms with E-state index in [9.17, 15) is 29.7 Å². The number of carbonyl (C=O) groups excluding carboxylic acids is 3. The van der Waals surface area contributed by atoms with Crippen molar-refractivity contribution in [1.29, 1.82) is 0 Å². The molecule has 0 heterocycles. The molecule has 0 aliphatic heterocycles. The Morgan fingerprint density at radius 2 is 1.85 bits per heavy atom. The van der Waals surface area contributed by atoms with Crippen LogP contribution in [0.5, 0.6) is 11.5 Å². The van der Waals surface area contributed by atoms with Crippen molar-refractivity contribution in [2.45, 2.75) is 59.2 Å². The number of hydrogen-bond donors (Lipinski definition) is 5. The van der Waals surface area contributed by atoms with E-state index < -0.39 is 63.7 Å². The number of primary amides is 1. The van der Waals surface area contributed by atoms with Crippen molar-refractivity contribution in [3.05, 3.63) is 81.6 Å². The first kappa shape index (κ1) is 33.3. The van der Waals surface area contributed by atoms with Crippen LogP contribution in [0.2, 0.25) is 0 Å². The zero-order valence-corrected chi connectivity index (χ0v) is 27.0. The van der Waals surface area contributed by atoms with E-state index in [0.29, 0.717) is 5.75 Å². The number of rotatable bonds is 8. The zero-order chi connectivity index (χ0) is 33.9. The minimum atomic E-state index is -1.55. The molecule has 0 radical (unpaired) electrons. The number of likely N-dealkylation sites (N-methyl/N-ethyl adjacent to an activating group) is 1. The van der Waals surface area contributed by atoms with Crippen LogP contribution in [0.4, 0.5) is 4.39 Å². The van der Waals surface area contributed by atoms with E-state index in [-0.39, 0.29) is 65.5 Å². The van der Waals surface area contributed by atoms with Crippen LogP contribution in [0.25, 0.3) is 0 Å². The Bertz CT molecular complexity index is 1660. The number of aliphatic hydroxyl groups is 2. The van der Waals surface area contributed by atoms with Crippen LogP contribution < -0.4 is 15.8 Å². The Balaban J connectivity index is 1.72. The SMILES string of the molecule is CN(C)[C@@H]1C(=O)C(C(N)=O)=C(O)[C@@]2(C)C(Oc3ccccc3)=C3C(=O)c4c(O)cc(CN[C@H](CO)C(C)(C)C)c(F)c4C[C@H]3C[C@@H]12. The van der Waals surface area contributed by atoms with Crippen LogP contribution in [0, 0.1) is 28.5 Å². The maximum Gasteiger partial charge on any atom is 0.255 e. The quantitative estimate of drug-likeness (QED) is 0.273. The predicted octanol–water partition coefficient (Wildman–Crippen LogP) is 3.55. The van der Waals surface area contributed by atoms with E-state index in [4.69, 9.17) is 10.5 Å². The van der Waals surface area contributed by atoms with Gasteiger partial charge < -0.3 is 31.1 Å². The summed E-state index contributed by atoms with van der Waals surface area (Å²) < 4.78 is 22.7. The lowest BCUT2D eigenvalue weighted by atomic mass is 9.54. The minimum absolute atomic E-state index is 0.00551. The molecule has 11 heteroatoms. The number of allylic oxidation sites excluding steroid dienone is 1. The fraction of sp³-hybridized carbons (Fsp3) is 0.457. The lowest BCUT2D eigenvalue weighted by molar-refractivity contribution is -0.129. The van der Waals surface area contributed by atoms with Gasteiger partial charge in [-0.15, -0.1) is 0 Å². The molecule has 10 nitrogen and oxygen atoms in total. The normalized spacial score (nSPS) is 25.3. The number of phenols is 1. The van der Waals surface area contributed by atoms with Crippen molar-refractivity contribution >= 4 is 17.5 Å². The van der Waals surface area contributed by atoms with Gasteiger partial charge in [0.1, 0.15) is 34.4 Å². The average molecular weight is 636 g/mol. The summed E-state index contributed by atoms with van der Waals surface area (Å²) in [4.78, 5) is 42.3. The third kappa shape index (κ3) is 5.30. The molecule has 246 valence electrons. The van der Waals surface area contributed by atoms with Crippen LogP contribution in [0.1, 0.15) is 55.6 Å². The molecule has 5 rings (SSSR count). The summed E-state index contributed by atoms with van der Waals surface area (Å²) in [6.45, 7) is 7.27. The van der Waals surface area contributed by atoms with Crippen LogP contribution in [0.3, 0.4) is 0 Å². The van der Waals surface area contributed by atoms with Gasteiger partial charge in [0, 0.05) is 35.2 Å². The first-order chi connectivity index (χ1) is 21.5. The number of phenolic OH excluding ortho intramolecular Hbond substituents is 1. The molecule has 2 aromatic rings. The third-order valence-electron chi connectivity index (χ3n) is 9.90. The fourth-order valence-corrected chi connectivity index (χ4v) is 7.39. The van der Waals surface area contributed by atoms with Crippen molar-refractivity contribution in [1.82, 2.24) is 10.2 Å². The number of para-hydroxylation sites is 1. The zero-order valence-electron chi connectivity index (χ0n) is 27.0. The molecule has 0 fully saturated rings. The van der Waals surface area contributed by atoms with Gasteiger partial charge in [0.05, 0.1) is 23.6 Å². The number of nitrogens with zero attached hydrogens (tertiary/aromatic N) is 1. The summed E-state index contributed by atoms with van der Waals surface area (Å²) in [7, 11) is 3.35. The summed E-state index contributed by atoms with van der Waals surface area (Å²) in [5.74, 6) is -5.02. The smallest absolute Gasteiger partial charge is 0.255 e. The van der Waals surface area contributed by atoms with Crippen molar-refractivity contribution < 1.29 is 38.8 Å². The minimum Gasteiger partial charge on any atom is -0.510 e. The summed E-state index contributed by atoms with van der Waals surface area (Å²) in [6, 6.07) is 8.51. The molecule has 3 aliphatic carbocycles. The molecule has 2 aromatic carbocycles. The highest BCUT2D eigenvalue weighted by atomic mass is 19.1. The van der Waals surface area contributed by atoms with Crippen molar-refractivity contribution in [3.8, 4) is 11.5 Å². The number of ketones is 2. The third-order valence-corrected chi connectivity index (χ3v) is 9.90. The number of nitrogens with two attached hydrogens (primary N) is 1. The molecule has 46 heavy (non-hydrogen) atoms. The molecule has 0 saturated carbocycles. The monoisotopic (exact) mass is 635 g/mol. The van der Waals surface area contributed by atoms with Gasteiger partial charge in [-0.1, -0.05) is 39.0 Å². The van der Waals surface area contributed by atoms with Crippen LogP contribution in [-0.4, -0.2) is 70.5 Å². The lowest BCUT2D eigenvalue weighted by Crippen LogP contribution is -2.59. The van der Waals surface area contributed by atoms with E-state index in [1.54, 1.807) is 56.3 Å². The van der Waals surface area contributed by atoms with Gasteiger partial charge in [-0.2, -0.15) is 0 Å². The molecule has 6 N–H and O–H groups in total. The topological polar surface area (TPSA) is 162 Å². The van der Waals surface area contributed by atoms with Gasteiger partial charge in [-0.3, -0.25) is 19.3 Å². The lowest BCUT2D eigenvalue weighted by Gasteiger charge is -2.52. The Morgan fingerprint density at radius 3 is 2.41 bits per heavy atom. The standard InChI is InChI=1S/C35H42FN3O7/c1-34(2,3)23(16-40)38-15-18-14-22(41)25-20(27(18)36)12-17-13-21-28(39(5)6)30(43)26(33(37)45)31(44)35(21,4)32(24(17)29(25)42)46-19-10-8-7-9-11-19/h7-11,14,17,21,23,28,38,40-41,44H,12-13,15-16H2,1-6H3,(H2,37,45)/t17-,21-,23+,28-,35-/m0/s1. The Morgan fingerprint density at radius 1 is 1.20 bits per heavy atom. The van der Waals surface area contributed by atoms with E-state index in [1.807, 2.05) is 20.8 Å². The molecular formula is C35H42FN3O7. The number of Topliss-reactive ketones (excluding diaryl/α,β-unsaturated/α-hetero) is 2. The number of amides is 1. The van der Waals surface area contributed by atoms with Gasteiger partial charge in [0.2, 0.25) is 0 Å². The molecule has 3 aliphatic rings. The molecular weight excluding hydrogens is 593 g/mol. The largest absolute Gasteiger partial charge is 0.510 e. The molecule has 0 unspecified atom stereocenters. The first-order valence-corrected chi connectivity index (χ1v) is 15.4. The van der Waals surface area contributed by atoms with Crippen molar-refractivity contribution in [2.75, 3.05) is 20.7 Å². The van der Waals surface area contributed by atoms with Gasteiger partial charge in [-0.25, -0.2) is 4.39 Å². The van der Waals surface area contributed by atoms with Crippen molar-refractivity contribution in [3.63, 3.8) is 0 Å². The molecule has 0 saturated heterocycles. The second-order valence-corrected chi connectivity index (χ2v) is 14.0. The van der Waals surface area contributed by atoms with E-state index >= 15 is 4.39 Å². The highest BCUT2D eigenvalue weighted by Gasteiger charge is 2.61. The number of aliphatic hydroxyl groups excluding tert-OH is 2. The summed E-state index contributed by atoms with van der Waals surface area (Å²) in [5.41, 5.74) is 3.32. The summed E-state index contributed by atoms with van der Waals surface area (Å²) >= 11 is 0. The van der Waals surface area contributed by atoms with E-state index in [0.717, 1.165) is 0 Å². The van der Waals surface area contributed by atoms with Gasteiger partial charge in [-0.05, 0) is 63.4 Å². The Hall–Kier alpha value is -4.06. The number of halogens is 1. The first-order valence-electron chi connectivity index (χ1n) is 15.4. The van der Waals surface area contributed by atoms with Crippen LogP contribution in [0.15, 0.2) is 59.1 Å². The summed E-state index contributed by atoms with van der Waals surface area (Å²) in [5, 5.41) is 35.9. The second kappa shape index (κ2) is 11.9. The molecule has 0 bridgehead atoms. The number of benzene rings is 2. The molecule has 1 amide bonds. The highest BCUT2D eigenvalue weighted by Crippen LogP contribution is 2.58.